The first-order chi connectivity index (χ1) is 9.10. The summed E-state index contributed by atoms with van der Waals surface area (Å²) in [6.07, 6.45) is 13.0. The molecule has 1 nitrogen and oxygen atoms in total. The maximum Gasteiger partial charge on any atom is 0.0893 e. The molecule has 0 radical (unpaired) electrons. The van der Waals surface area contributed by atoms with E-state index >= 15 is 0 Å². The quantitative estimate of drug-likeness (QED) is 0.623. The molecule has 1 unspecified atom stereocenters. The van der Waals surface area contributed by atoms with Crippen LogP contribution in [0.15, 0.2) is 12.3 Å². The Labute approximate surface area is 121 Å². The predicted molar refractivity (Wildman–Crippen MR) is 88.1 cm³/mol. The highest BCUT2D eigenvalue weighted by atomic mass is 28.3. The summed E-state index contributed by atoms with van der Waals surface area (Å²) in [5.74, 6) is 0. The van der Waals surface area contributed by atoms with Crippen LogP contribution in [0.25, 0.3) is 0 Å². The van der Waals surface area contributed by atoms with Crippen LogP contribution in [0.2, 0.25) is 13.1 Å². The molecule has 2 saturated carbocycles. The van der Waals surface area contributed by atoms with Crippen LogP contribution in [0.5, 0.6) is 0 Å². The zero-order valence-electron chi connectivity index (χ0n) is 13.3. The van der Waals surface area contributed by atoms with E-state index in [1.165, 1.54) is 57.8 Å². The molecule has 0 N–H and O–H groups in total. The first-order valence-electron chi connectivity index (χ1n) is 8.51. The molecule has 19 heavy (non-hydrogen) atoms. The summed E-state index contributed by atoms with van der Waals surface area (Å²) in [4.78, 5) is 3.01. The van der Waals surface area contributed by atoms with Crippen molar-refractivity contribution >= 4 is 8.07 Å². The fourth-order valence-corrected chi connectivity index (χ4v) is 6.98. The van der Waals surface area contributed by atoms with Gasteiger partial charge in [-0.15, -0.1) is 12.3 Å². The van der Waals surface area contributed by atoms with Gasteiger partial charge >= 0.3 is 0 Å². The fourth-order valence-electron chi connectivity index (χ4n) is 4.47. The van der Waals surface area contributed by atoms with Gasteiger partial charge in [-0.3, -0.25) is 4.90 Å². The average molecular weight is 280 g/mol. The second-order valence-corrected chi connectivity index (χ2v) is 12.0. The highest BCUT2D eigenvalue weighted by molar-refractivity contribution is 6.83. The van der Waals surface area contributed by atoms with Crippen molar-refractivity contribution in [3.63, 3.8) is 0 Å². The summed E-state index contributed by atoms with van der Waals surface area (Å²) in [5.41, 5.74) is 3.15. The van der Waals surface area contributed by atoms with E-state index in [1.54, 1.807) is 0 Å². The van der Waals surface area contributed by atoms with Gasteiger partial charge in [0.1, 0.15) is 0 Å². The van der Waals surface area contributed by atoms with E-state index in [-0.39, 0.29) is 0 Å². The molecular formula is C17H33NSi. The van der Waals surface area contributed by atoms with Crippen molar-refractivity contribution in [2.24, 2.45) is 0 Å². The van der Waals surface area contributed by atoms with Crippen LogP contribution < -0.4 is 0 Å². The maximum atomic E-state index is 4.17. The fraction of sp³-hybridized carbons (Fsp3) is 0.882. The maximum absolute atomic E-state index is 4.17. The van der Waals surface area contributed by atoms with Gasteiger partial charge < -0.3 is 0 Å². The van der Waals surface area contributed by atoms with E-state index in [2.05, 4.69) is 37.2 Å². The topological polar surface area (TPSA) is 3.24 Å². The van der Waals surface area contributed by atoms with Crippen LogP contribution in [-0.2, 0) is 0 Å². The van der Waals surface area contributed by atoms with Crippen LogP contribution in [0.3, 0.4) is 0 Å². The second kappa shape index (κ2) is 6.58. The minimum Gasteiger partial charge on any atom is -0.297 e. The van der Waals surface area contributed by atoms with Crippen molar-refractivity contribution < 1.29 is 0 Å². The normalized spacial score (nSPS) is 24.2. The standard InChI is InChI=1S/C17H33NSi/c1-5-17(19(3,4)6-2)18(15-11-7-8-12-15)16-13-9-10-14-16/h6,15-17H,2,5,7-14H2,1,3-4H3. The molecule has 0 saturated heterocycles. The molecular weight excluding hydrogens is 246 g/mol. The summed E-state index contributed by atoms with van der Waals surface area (Å²) in [6, 6.07) is 1.78. The smallest absolute Gasteiger partial charge is 0.0893 e. The molecule has 0 bridgehead atoms. The third-order valence-electron chi connectivity index (χ3n) is 5.62. The van der Waals surface area contributed by atoms with Crippen LogP contribution >= 0.6 is 0 Å². The molecule has 1 atom stereocenters. The lowest BCUT2D eigenvalue weighted by Gasteiger charge is -2.46. The SMILES string of the molecule is C=C[Si](C)(C)C(CC)N(C1CCCC1)C1CCCC1. The Balaban J connectivity index is 2.20. The Kier molecular flexibility index (Phi) is 5.30. The molecule has 2 heteroatoms. The summed E-state index contributed by atoms with van der Waals surface area (Å²) in [6.45, 7) is 11.6. The molecule has 0 aromatic carbocycles. The molecule has 110 valence electrons. The third-order valence-corrected chi connectivity index (χ3v) is 9.10. The molecule has 2 aliphatic rings. The molecule has 0 amide bonds. The molecule has 0 aromatic rings. The number of nitrogens with zero attached hydrogens (tertiary/aromatic N) is 1. The second-order valence-electron chi connectivity index (χ2n) is 7.27. The Morgan fingerprint density at radius 1 is 1.05 bits per heavy atom. The summed E-state index contributed by atoms with van der Waals surface area (Å²) in [5, 5.41) is 0. The zero-order valence-corrected chi connectivity index (χ0v) is 14.3. The van der Waals surface area contributed by atoms with Gasteiger partial charge in [0.2, 0.25) is 0 Å². The Hall–Kier alpha value is -0.0831. The van der Waals surface area contributed by atoms with Gasteiger partial charge in [0.25, 0.3) is 0 Å². The lowest BCUT2D eigenvalue weighted by Crippen LogP contribution is -2.58. The molecule has 2 rings (SSSR count). The third kappa shape index (κ3) is 3.33. The largest absolute Gasteiger partial charge is 0.297 e. The van der Waals surface area contributed by atoms with Gasteiger partial charge in [0.05, 0.1) is 8.07 Å². The Morgan fingerprint density at radius 3 is 1.79 bits per heavy atom. The van der Waals surface area contributed by atoms with Gasteiger partial charge in [-0.25, -0.2) is 0 Å². The predicted octanol–water partition coefficient (Wildman–Crippen LogP) is 4.93. The lowest BCUT2D eigenvalue weighted by molar-refractivity contribution is 0.112. The monoisotopic (exact) mass is 279 g/mol. The molecule has 0 aliphatic heterocycles. The Bertz CT molecular complexity index is 272. The molecule has 2 aliphatic carbocycles. The lowest BCUT2D eigenvalue weighted by atomic mass is 10.1. The molecule has 0 aromatic heterocycles. The van der Waals surface area contributed by atoms with E-state index in [0.717, 1.165) is 17.7 Å². The van der Waals surface area contributed by atoms with Gasteiger partial charge in [-0.2, -0.15) is 0 Å². The molecule has 0 heterocycles. The van der Waals surface area contributed by atoms with Crippen molar-refractivity contribution in [3.05, 3.63) is 12.3 Å². The van der Waals surface area contributed by atoms with E-state index in [1.807, 2.05) is 0 Å². The Morgan fingerprint density at radius 2 is 1.47 bits per heavy atom. The average Bonchev–Trinajstić information content (AvgIpc) is 3.08. The molecule has 2 fully saturated rings. The van der Waals surface area contributed by atoms with Crippen LogP contribution in [-0.4, -0.2) is 30.7 Å². The zero-order chi connectivity index (χ0) is 13.9. The van der Waals surface area contributed by atoms with E-state index < -0.39 is 8.07 Å². The molecule has 0 spiro atoms. The number of hydrogen-bond acceptors (Lipinski definition) is 1. The van der Waals surface area contributed by atoms with Crippen LogP contribution in [0.1, 0.15) is 64.7 Å². The number of hydrogen-bond donors (Lipinski definition) is 0. The van der Waals surface area contributed by atoms with Crippen LogP contribution in [0.4, 0.5) is 0 Å². The first kappa shape index (κ1) is 15.3. The van der Waals surface area contributed by atoms with E-state index in [9.17, 15) is 0 Å². The summed E-state index contributed by atoms with van der Waals surface area (Å²) >= 11 is 0. The van der Waals surface area contributed by atoms with E-state index in [0.29, 0.717) is 0 Å². The summed E-state index contributed by atoms with van der Waals surface area (Å²) < 4.78 is 0. The highest BCUT2D eigenvalue weighted by Gasteiger charge is 2.40. The van der Waals surface area contributed by atoms with Gasteiger partial charge in [-0.05, 0) is 32.1 Å². The summed E-state index contributed by atoms with van der Waals surface area (Å²) in [7, 11) is -1.32. The van der Waals surface area contributed by atoms with Crippen molar-refractivity contribution in [2.45, 2.75) is 95.6 Å². The van der Waals surface area contributed by atoms with Crippen molar-refractivity contribution in [1.82, 2.24) is 4.90 Å². The minimum atomic E-state index is -1.32. The minimum absolute atomic E-state index is 0.816. The van der Waals surface area contributed by atoms with Crippen molar-refractivity contribution in [3.8, 4) is 0 Å². The van der Waals surface area contributed by atoms with Crippen molar-refractivity contribution in [1.29, 1.82) is 0 Å². The first-order valence-corrected chi connectivity index (χ1v) is 11.7. The van der Waals surface area contributed by atoms with Gasteiger partial charge in [-0.1, -0.05) is 45.7 Å². The van der Waals surface area contributed by atoms with Crippen LogP contribution in [0, 0.1) is 0 Å². The van der Waals surface area contributed by atoms with Gasteiger partial charge in [0.15, 0.2) is 0 Å². The van der Waals surface area contributed by atoms with Gasteiger partial charge in [0, 0.05) is 17.7 Å². The number of rotatable bonds is 6. The van der Waals surface area contributed by atoms with E-state index in [4.69, 9.17) is 0 Å². The van der Waals surface area contributed by atoms with Crippen molar-refractivity contribution in [2.75, 3.05) is 0 Å². The highest BCUT2D eigenvalue weighted by Crippen LogP contribution is 2.36.